The van der Waals surface area contributed by atoms with Crippen LogP contribution in [0.15, 0.2) is 24.3 Å². The number of nitrogens with one attached hydrogen (secondary N) is 1. The maximum absolute atomic E-state index is 11.7. The van der Waals surface area contributed by atoms with Gasteiger partial charge in [0.25, 0.3) is 0 Å². The van der Waals surface area contributed by atoms with Crippen LogP contribution >= 0.6 is 0 Å². The number of hydrogen-bond donors (Lipinski definition) is 1. The molecule has 0 saturated carbocycles. The van der Waals surface area contributed by atoms with E-state index < -0.39 is 10.0 Å². The fourth-order valence-electron chi connectivity index (χ4n) is 1.36. The lowest BCUT2D eigenvalue weighted by Gasteiger charge is -2.08. The molecular formula is C12H16N2O4S. The van der Waals surface area contributed by atoms with Crippen molar-refractivity contribution >= 4 is 15.7 Å². The number of nitrogens with zero attached hydrogens (tertiary/aromatic N) is 1. The van der Waals surface area contributed by atoms with Gasteiger partial charge in [0.05, 0.1) is 5.75 Å². The van der Waals surface area contributed by atoms with Gasteiger partial charge in [-0.1, -0.05) is 0 Å². The van der Waals surface area contributed by atoms with Crippen LogP contribution in [0.25, 0.3) is 0 Å². The second kappa shape index (κ2) is 7.61. The highest BCUT2D eigenvalue weighted by atomic mass is 32.2. The zero-order chi connectivity index (χ0) is 14.1. The maximum atomic E-state index is 11.7. The molecule has 0 aliphatic heterocycles. The van der Waals surface area contributed by atoms with E-state index in [0.717, 1.165) is 0 Å². The molecular weight excluding hydrogens is 268 g/mol. The molecule has 7 heteroatoms. The van der Waals surface area contributed by atoms with Gasteiger partial charge in [0.1, 0.15) is 11.8 Å². The molecule has 0 amide bonds. The Balaban J connectivity index is 2.55. The smallest absolute Gasteiger partial charge is 0.232 e. The van der Waals surface area contributed by atoms with E-state index in [1.54, 1.807) is 24.3 Å². The van der Waals surface area contributed by atoms with Crippen LogP contribution in [0.4, 0.5) is 5.69 Å². The molecule has 0 spiro atoms. The van der Waals surface area contributed by atoms with Gasteiger partial charge in [0.15, 0.2) is 6.61 Å². The molecule has 0 bridgehead atoms. The van der Waals surface area contributed by atoms with E-state index in [9.17, 15) is 8.42 Å². The third-order valence-corrected chi connectivity index (χ3v) is 3.57. The van der Waals surface area contributed by atoms with E-state index in [0.29, 0.717) is 24.5 Å². The van der Waals surface area contributed by atoms with Crippen molar-refractivity contribution in [3.05, 3.63) is 24.3 Å². The van der Waals surface area contributed by atoms with E-state index in [1.807, 2.05) is 6.07 Å². The average molecular weight is 284 g/mol. The summed E-state index contributed by atoms with van der Waals surface area (Å²) in [5.74, 6) is 0.525. The first-order chi connectivity index (χ1) is 9.07. The van der Waals surface area contributed by atoms with Crippen LogP contribution in [-0.4, -0.2) is 34.5 Å². The first-order valence-corrected chi connectivity index (χ1v) is 7.32. The van der Waals surface area contributed by atoms with Crippen LogP contribution in [0.5, 0.6) is 5.75 Å². The highest BCUT2D eigenvalue weighted by Crippen LogP contribution is 2.16. The molecule has 0 heterocycles. The lowest BCUT2D eigenvalue weighted by atomic mass is 10.3. The SMILES string of the molecule is COCCCS(=O)(=O)Nc1ccc(OCC#N)cc1. The average Bonchev–Trinajstić information content (AvgIpc) is 2.38. The summed E-state index contributed by atoms with van der Waals surface area (Å²) in [6.07, 6.45) is 0.440. The number of benzene rings is 1. The minimum absolute atomic E-state index is 0.00746. The van der Waals surface area contributed by atoms with Crippen molar-refractivity contribution in [2.75, 3.05) is 30.8 Å². The summed E-state index contributed by atoms with van der Waals surface area (Å²) in [4.78, 5) is 0. The summed E-state index contributed by atoms with van der Waals surface area (Å²) in [5.41, 5.74) is 0.460. The third-order valence-electron chi connectivity index (χ3n) is 2.19. The molecule has 19 heavy (non-hydrogen) atoms. The third kappa shape index (κ3) is 6.08. The molecule has 0 aliphatic carbocycles. The maximum Gasteiger partial charge on any atom is 0.232 e. The molecule has 0 saturated heterocycles. The molecule has 1 N–H and O–H groups in total. The van der Waals surface area contributed by atoms with Crippen molar-refractivity contribution in [3.8, 4) is 11.8 Å². The topological polar surface area (TPSA) is 88.4 Å². The summed E-state index contributed by atoms with van der Waals surface area (Å²) >= 11 is 0. The molecule has 1 rings (SSSR count). The predicted octanol–water partition coefficient (Wildman–Crippen LogP) is 1.37. The van der Waals surface area contributed by atoms with Crippen LogP contribution in [0.1, 0.15) is 6.42 Å². The molecule has 6 nitrogen and oxygen atoms in total. The highest BCUT2D eigenvalue weighted by Gasteiger charge is 2.09. The molecule has 0 radical (unpaired) electrons. The van der Waals surface area contributed by atoms with E-state index in [4.69, 9.17) is 14.7 Å². The monoisotopic (exact) mass is 284 g/mol. The molecule has 0 aromatic heterocycles. The van der Waals surface area contributed by atoms with Crippen molar-refractivity contribution < 1.29 is 17.9 Å². The Morgan fingerprint density at radius 2 is 2.00 bits per heavy atom. The van der Waals surface area contributed by atoms with Gasteiger partial charge >= 0.3 is 0 Å². The van der Waals surface area contributed by atoms with Gasteiger partial charge in [0.2, 0.25) is 10.0 Å². The summed E-state index contributed by atoms with van der Waals surface area (Å²) < 4.78 is 35.7. The van der Waals surface area contributed by atoms with Gasteiger partial charge in [-0.2, -0.15) is 5.26 Å². The molecule has 0 fully saturated rings. The number of ether oxygens (including phenoxy) is 2. The summed E-state index contributed by atoms with van der Waals surface area (Å²) in [6, 6.07) is 8.22. The van der Waals surface area contributed by atoms with Gasteiger partial charge in [-0.05, 0) is 30.7 Å². The zero-order valence-electron chi connectivity index (χ0n) is 10.6. The van der Waals surface area contributed by atoms with Crippen molar-refractivity contribution in [3.63, 3.8) is 0 Å². The van der Waals surface area contributed by atoms with E-state index >= 15 is 0 Å². The van der Waals surface area contributed by atoms with Gasteiger partial charge in [-0.25, -0.2) is 8.42 Å². The Morgan fingerprint density at radius 1 is 1.32 bits per heavy atom. The van der Waals surface area contributed by atoms with Crippen LogP contribution in [-0.2, 0) is 14.8 Å². The number of anilines is 1. The number of methoxy groups -OCH3 is 1. The molecule has 0 atom stereocenters. The zero-order valence-corrected chi connectivity index (χ0v) is 11.4. The number of sulfonamides is 1. The molecule has 1 aromatic rings. The molecule has 104 valence electrons. The number of hydrogen-bond acceptors (Lipinski definition) is 5. The van der Waals surface area contributed by atoms with Crippen molar-refractivity contribution in [1.82, 2.24) is 0 Å². The first-order valence-electron chi connectivity index (χ1n) is 5.66. The predicted molar refractivity (Wildman–Crippen MR) is 71.5 cm³/mol. The van der Waals surface area contributed by atoms with Gasteiger partial charge in [-0.15, -0.1) is 0 Å². The number of nitriles is 1. The van der Waals surface area contributed by atoms with Crippen LogP contribution < -0.4 is 9.46 Å². The Kier molecular flexibility index (Phi) is 6.12. The van der Waals surface area contributed by atoms with Gasteiger partial charge in [-0.3, -0.25) is 4.72 Å². The fraction of sp³-hybridized carbons (Fsp3) is 0.417. The van der Waals surface area contributed by atoms with Crippen LogP contribution in [0, 0.1) is 11.3 Å². The van der Waals surface area contributed by atoms with Crippen molar-refractivity contribution in [2.45, 2.75) is 6.42 Å². The quantitative estimate of drug-likeness (QED) is 0.728. The molecule has 0 aliphatic rings. The van der Waals surface area contributed by atoms with E-state index in [-0.39, 0.29) is 12.4 Å². The van der Waals surface area contributed by atoms with Crippen LogP contribution in [0.2, 0.25) is 0 Å². The fourth-order valence-corrected chi connectivity index (χ4v) is 2.45. The highest BCUT2D eigenvalue weighted by molar-refractivity contribution is 7.92. The lowest BCUT2D eigenvalue weighted by Crippen LogP contribution is -2.17. The Bertz CT molecular complexity index is 520. The lowest BCUT2D eigenvalue weighted by molar-refractivity contribution is 0.199. The van der Waals surface area contributed by atoms with Crippen molar-refractivity contribution in [2.24, 2.45) is 0 Å². The summed E-state index contributed by atoms with van der Waals surface area (Å²) in [7, 11) is -1.83. The second-order valence-corrected chi connectivity index (χ2v) is 5.58. The molecule has 0 unspecified atom stereocenters. The Labute approximate surface area is 113 Å². The summed E-state index contributed by atoms with van der Waals surface area (Å²) in [5, 5.41) is 8.36. The number of rotatable bonds is 8. The van der Waals surface area contributed by atoms with Crippen LogP contribution in [0.3, 0.4) is 0 Å². The molecule has 1 aromatic carbocycles. The van der Waals surface area contributed by atoms with Crippen molar-refractivity contribution in [1.29, 1.82) is 5.26 Å². The summed E-state index contributed by atoms with van der Waals surface area (Å²) in [6.45, 7) is 0.365. The minimum Gasteiger partial charge on any atom is -0.479 e. The Hall–Kier alpha value is -1.78. The standard InChI is InChI=1S/C12H16N2O4S/c1-17-8-2-10-19(15,16)14-11-3-5-12(6-4-11)18-9-7-13/h3-6,14H,2,8-10H2,1H3. The largest absolute Gasteiger partial charge is 0.479 e. The first kappa shape index (κ1) is 15.3. The van der Waals surface area contributed by atoms with Gasteiger partial charge in [0, 0.05) is 19.4 Å². The van der Waals surface area contributed by atoms with E-state index in [2.05, 4.69) is 4.72 Å². The Morgan fingerprint density at radius 3 is 2.58 bits per heavy atom. The van der Waals surface area contributed by atoms with Gasteiger partial charge < -0.3 is 9.47 Å². The van der Waals surface area contributed by atoms with E-state index in [1.165, 1.54) is 7.11 Å². The minimum atomic E-state index is -3.36. The normalized spacial score (nSPS) is 10.7. The second-order valence-electron chi connectivity index (χ2n) is 3.74.